The van der Waals surface area contributed by atoms with E-state index in [9.17, 15) is 9.90 Å². The van der Waals surface area contributed by atoms with Crippen LogP contribution in [0.4, 0.5) is 0 Å². The van der Waals surface area contributed by atoms with Gasteiger partial charge in [0.1, 0.15) is 0 Å². The summed E-state index contributed by atoms with van der Waals surface area (Å²) in [7, 11) is 0. The molecule has 203 valence electrons. The first-order chi connectivity index (χ1) is 19.4. The van der Waals surface area contributed by atoms with E-state index in [1.165, 1.54) is 17.7 Å². The number of carbonyl (C=O) groups excluding carboxylic acids is 1. The van der Waals surface area contributed by atoms with Crippen LogP contribution in [0.5, 0.6) is 0 Å². The van der Waals surface area contributed by atoms with Gasteiger partial charge in [-0.3, -0.25) is 4.79 Å². The molecule has 2 aromatic carbocycles. The average molecular weight is 701 g/mol. The topological polar surface area (TPSA) is 76.2 Å². The van der Waals surface area contributed by atoms with Crippen molar-refractivity contribution >= 4 is 27.9 Å². The molecule has 0 saturated carbocycles. The predicted octanol–water partition coefficient (Wildman–Crippen LogP) is 8.43. The zero-order valence-corrected chi connectivity index (χ0v) is 25.0. The van der Waals surface area contributed by atoms with Gasteiger partial charge in [-0.2, -0.15) is 0 Å². The summed E-state index contributed by atoms with van der Waals surface area (Å²) >= 11 is 0. The predicted molar refractivity (Wildman–Crippen MR) is 154 cm³/mol. The van der Waals surface area contributed by atoms with E-state index in [0.717, 1.165) is 33.2 Å². The fraction of sp³-hybridized carbons (Fsp3) is 0.242. The molecule has 0 aliphatic heterocycles. The number of aromatic nitrogens is 2. The van der Waals surface area contributed by atoms with E-state index in [2.05, 4.69) is 35.1 Å². The summed E-state index contributed by atoms with van der Waals surface area (Å²) in [6.07, 6.45) is 3.16. The van der Waals surface area contributed by atoms with Crippen molar-refractivity contribution < 1.29 is 38.5 Å². The number of hydrogen-bond donors (Lipinski definition) is 1. The van der Waals surface area contributed by atoms with Gasteiger partial charge < -0.3 is 14.5 Å². The fourth-order valence-corrected chi connectivity index (χ4v) is 3.89. The molecule has 0 atom stereocenters. The van der Waals surface area contributed by atoms with Crippen molar-refractivity contribution in [3.8, 4) is 22.4 Å². The quantitative estimate of drug-likeness (QED) is 0.113. The standard InChI is InChI=1S/C24H17N2O.C9H16O2.Ir/c1-15-6-3-4-7-18(15)17-11-13-22(25-14-17)21-9-5-8-19-20-12-10-16(2)26-24(20)27-23(19)21;1-6(2)8(10)5-9(11)7(3)4;/h3-8,10-14H,1-2H3;5-7,10H,1-4H3;/q-1;;/b;8-5-;/i2D3;;. The van der Waals surface area contributed by atoms with Gasteiger partial charge in [-0.25, -0.2) is 4.98 Å². The number of allylic oxidation sites excluding steroid dienone is 2. The Morgan fingerprint density at radius 1 is 1.03 bits per heavy atom. The SMILES string of the molecule is CC(C)C(=O)/C=C(\O)C(C)C.[2H]C([2H])([2H])c1ccc2c(n1)oc1c(-c3ccc(-c4ccccc4C)cn3)[c-]ccc12.[Ir]. The molecule has 0 spiro atoms. The van der Waals surface area contributed by atoms with Gasteiger partial charge in [-0.15, -0.1) is 18.2 Å². The van der Waals surface area contributed by atoms with Crippen LogP contribution >= 0.6 is 0 Å². The summed E-state index contributed by atoms with van der Waals surface area (Å²) in [5, 5.41) is 10.8. The number of aliphatic hydroxyl groups is 1. The number of fused-ring (bicyclic) bond motifs is 3. The largest absolute Gasteiger partial charge is 0.512 e. The van der Waals surface area contributed by atoms with E-state index in [1.54, 1.807) is 6.07 Å². The van der Waals surface area contributed by atoms with Gasteiger partial charge in [0.15, 0.2) is 5.78 Å². The van der Waals surface area contributed by atoms with Crippen LogP contribution in [0.2, 0.25) is 0 Å². The number of benzene rings is 2. The fourth-order valence-electron chi connectivity index (χ4n) is 3.89. The molecule has 0 aliphatic rings. The molecule has 1 N–H and O–H groups in total. The van der Waals surface area contributed by atoms with Gasteiger partial charge >= 0.3 is 0 Å². The number of aryl methyl sites for hydroxylation is 2. The maximum absolute atomic E-state index is 11.0. The third-order valence-corrected chi connectivity index (χ3v) is 6.22. The molecule has 6 heteroatoms. The first-order valence-corrected chi connectivity index (χ1v) is 12.6. The van der Waals surface area contributed by atoms with Crippen LogP contribution in [0.25, 0.3) is 44.5 Å². The van der Waals surface area contributed by atoms with Crippen molar-refractivity contribution in [2.75, 3.05) is 0 Å². The Morgan fingerprint density at radius 2 is 1.79 bits per heavy atom. The maximum Gasteiger partial charge on any atom is 0.216 e. The van der Waals surface area contributed by atoms with E-state index < -0.39 is 6.85 Å². The van der Waals surface area contributed by atoms with E-state index in [4.69, 9.17) is 8.53 Å². The van der Waals surface area contributed by atoms with E-state index in [-0.39, 0.29) is 49.2 Å². The summed E-state index contributed by atoms with van der Waals surface area (Å²) in [6.45, 7) is 7.11. The monoisotopic (exact) mass is 701 g/mol. The molecule has 39 heavy (non-hydrogen) atoms. The molecular formula is C33H33IrN2O3-. The van der Waals surface area contributed by atoms with Crippen LogP contribution in [0, 0.1) is 31.7 Å². The first kappa shape index (κ1) is 25.7. The second kappa shape index (κ2) is 13.0. The molecule has 0 fully saturated rings. The van der Waals surface area contributed by atoms with Crippen LogP contribution in [0.15, 0.2) is 83.1 Å². The van der Waals surface area contributed by atoms with Gasteiger partial charge in [0.2, 0.25) is 5.71 Å². The van der Waals surface area contributed by atoms with Crippen LogP contribution in [0.3, 0.4) is 0 Å². The summed E-state index contributed by atoms with van der Waals surface area (Å²) in [4.78, 5) is 19.9. The van der Waals surface area contributed by atoms with Crippen molar-refractivity contribution in [3.05, 3.63) is 96.0 Å². The van der Waals surface area contributed by atoms with E-state index in [0.29, 0.717) is 11.3 Å². The minimum absolute atomic E-state index is 0. The number of nitrogens with zero attached hydrogens (tertiary/aromatic N) is 2. The molecule has 5 aromatic rings. The Labute approximate surface area is 247 Å². The van der Waals surface area contributed by atoms with Gasteiger partial charge in [-0.05, 0) is 48.3 Å². The molecule has 0 unspecified atom stereocenters. The zero-order chi connectivity index (χ0) is 29.9. The average Bonchev–Trinajstić information content (AvgIpc) is 3.31. The number of carbonyl (C=O) groups is 1. The summed E-state index contributed by atoms with van der Waals surface area (Å²) in [6, 6.07) is 22.4. The summed E-state index contributed by atoms with van der Waals surface area (Å²) < 4.78 is 28.7. The molecule has 0 bridgehead atoms. The molecule has 0 amide bonds. The molecular weight excluding hydrogens is 665 g/mol. The maximum atomic E-state index is 11.0. The minimum atomic E-state index is -2.28. The number of furan rings is 1. The van der Waals surface area contributed by atoms with E-state index in [1.807, 2.05) is 70.3 Å². The molecule has 0 aliphatic carbocycles. The van der Waals surface area contributed by atoms with Crippen molar-refractivity contribution in [1.29, 1.82) is 0 Å². The van der Waals surface area contributed by atoms with Crippen LogP contribution in [-0.2, 0) is 24.9 Å². The Morgan fingerprint density at radius 3 is 2.44 bits per heavy atom. The Balaban J connectivity index is 0.000000347. The molecule has 5 nitrogen and oxygen atoms in total. The van der Waals surface area contributed by atoms with Gasteiger partial charge in [0, 0.05) is 59.4 Å². The normalized spacial score (nSPS) is 12.9. The minimum Gasteiger partial charge on any atom is -0.512 e. The number of rotatable bonds is 5. The Bertz CT molecular complexity index is 1720. The Hall–Kier alpha value is -3.60. The third kappa shape index (κ3) is 6.89. The molecule has 3 heterocycles. The van der Waals surface area contributed by atoms with Gasteiger partial charge in [-0.1, -0.05) is 75.0 Å². The number of ketones is 1. The number of pyridine rings is 2. The van der Waals surface area contributed by atoms with Gasteiger partial charge in [0.05, 0.1) is 11.3 Å². The summed E-state index contributed by atoms with van der Waals surface area (Å²) in [5.41, 5.74) is 5.73. The van der Waals surface area contributed by atoms with Crippen molar-refractivity contribution in [2.45, 2.75) is 41.5 Å². The van der Waals surface area contributed by atoms with Crippen molar-refractivity contribution in [3.63, 3.8) is 0 Å². The zero-order valence-electron chi connectivity index (χ0n) is 25.6. The Kier molecular flexibility index (Phi) is 8.53. The molecule has 3 aromatic heterocycles. The number of aliphatic hydroxyl groups excluding tert-OH is 1. The third-order valence-electron chi connectivity index (χ3n) is 6.22. The molecule has 5 rings (SSSR count). The summed E-state index contributed by atoms with van der Waals surface area (Å²) in [5.74, 6) is 0.161. The van der Waals surface area contributed by atoms with Gasteiger partial charge in [0.25, 0.3) is 0 Å². The number of hydrogen-bond acceptors (Lipinski definition) is 5. The van der Waals surface area contributed by atoms with E-state index >= 15 is 0 Å². The second-order valence-electron chi connectivity index (χ2n) is 9.77. The van der Waals surface area contributed by atoms with Crippen LogP contribution in [-0.4, -0.2) is 20.9 Å². The molecule has 0 saturated heterocycles. The van der Waals surface area contributed by atoms with Crippen molar-refractivity contribution in [1.82, 2.24) is 9.97 Å². The smallest absolute Gasteiger partial charge is 0.216 e. The second-order valence-corrected chi connectivity index (χ2v) is 9.77. The van der Waals surface area contributed by atoms with Crippen LogP contribution < -0.4 is 0 Å². The molecule has 1 radical (unpaired) electrons. The first-order valence-electron chi connectivity index (χ1n) is 14.1. The van der Waals surface area contributed by atoms with Crippen LogP contribution in [0.1, 0.15) is 43.1 Å². The van der Waals surface area contributed by atoms with Crippen molar-refractivity contribution in [2.24, 2.45) is 11.8 Å².